The molecule has 7 aromatic carbocycles. The van der Waals surface area contributed by atoms with E-state index in [1.807, 2.05) is 78.2 Å². The molecule has 6 heteroatoms. The Bertz CT molecular complexity index is 3200. The van der Waals surface area contributed by atoms with Crippen LogP contribution in [0.3, 0.4) is 0 Å². The number of fused-ring (bicyclic) bond motifs is 6. The summed E-state index contributed by atoms with van der Waals surface area (Å²) < 4.78 is 4.88. The van der Waals surface area contributed by atoms with Crippen molar-refractivity contribution in [3.63, 3.8) is 0 Å². The molecule has 0 unspecified atom stereocenters. The summed E-state index contributed by atoms with van der Waals surface area (Å²) in [7, 11) is 0. The molecule has 0 aliphatic carbocycles. The number of pyridine rings is 1. The average Bonchev–Trinajstić information content (AvgIpc) is 3.81. The van der Waals surface area contributed by atoms with Crippen LogP contribution in [-0.4, -0.2) is 24.5 Å². The van der Waals surface area contributed by atoms with Gasteiger partial charge in [-0.1, -0.05) is 146 Å². The summed E-state index contributed by atoms with van der Waals surface area (Å²) in [5.41, 5.74) is 9.58. The zero-order valence-corrected chi connectivity index (χ0v) is 31.6. The van der Waals surface area contributed by atoms with E-state index in [2.05, 4.69) is 126 Å². The summed E-state index contributed by atoms with van der Waals surface area (Å²) in [5, 5.41) is 4.96. The first-order valence-electron chi connectivity index (χ1n) is 19.1. The van der Waals surface area contributed by atoms with Crippen LogP contribution >= 0.6 is 11.3 Å². The highest BCUT2D eigenvalue weighted by atomic mass is 32.1. The van der Waals surface area contributed by atoms with E-state index in [0.717, 1.165) is 50.2 Å². The van der Waals surface area contributed by atoms with Crippen molar-refractivity contribution < 1.29 is 0 Å². The van der Waals surface area contributed by atoms with Gasteiger partial charge in [-0.05, 0) is 53.1 Å². The van der Waals surface area contributed by atoms with E-state index >= 15 is 0 Å². The number of hydrogen-bond donors (Lipinski definition) is 0. The molecule has 0 saturated carbocycles. The lowest BCUT2D eigenvalue weighted by Crippen LogP contribution is -2.08. The molecule has 0 N–H and O–H groups in total. The normalized spacial score (nSPS) is 11.6. The second kappa shape index (κ2) is 13.8. The highest BCUT2D eigenvalue weighted by Crippen LogP contribution is 2.41. The molecule has 0 fully saturated rings. The lowest BCUT2D eigenvalue weighted by Gasteiger charge is -2.15. The molecule has 0 bridgehead atoms. The molecule has 57 heavy (non-hydrogen) atoms. The number of thiophene rings is 1. The predicted molar refractivity (Wildman–Crippen MR) is 236 cm³/mol. The third-order valence-corrected chi connectivity index (χ3v) is 11.9. The first kappa shape index (κ1) is 33.1. The van der Waals surface area contributed by atoms with E-state index in [9.17, 15) is 0 Å². The van der Waals surface area contributed by atoms with Gasteiger partial charge in [-0.15, -0.1) is 11.3 Å². The lowest BCUT2D eigenvalue weighted by atomic mass is 9.98. The zero-order valence-electron chi connectivity index (χ0n) is 30.7. The van der Waals surface area contributed by atoms with Crippen LogP contribution in [0.2, 0.25) is 0 Å². The van der Waals surface area contributed by atoms with Crippen molar-refractivity contribution in [2.75, 3.05) is 0 Å². The molecule has 0 amide bonds. The van der Waals surface area contributed by atoms with Crippen molar-refractivity contribution >= 4 is 53.3 Å². The molecule has 0 radical (unpaired) electrons. The largest absolute Gasteiger partial charge is 0.293 e. The Morgan fingerprint density at radius 2 is 1.00 bits per heavy atom. The predicted octanol–water partition coefficient (Wildman–Crippen LogP) is 13.0. The molecule has 0 spiro atoms. The number of aromatic nitrogens is 5. The van der Waals surface area contributed by atoms with Gasteiger partial charge < -0.3 is 0 Å². The SMILES string of the molecule is c1ccc(-c2cccc(-c3cnc(-n4c5ccccc5c5cc6c(cc54)sc4ccccc46)c(Cc4nc(-c5ccccc5)nc(-c5ccccc5)n4)c3)c2)cc1. The molecular weight excluding hydrogens is 715 g/mol. The molecular formula is C51H33N5S. The minimum absolute atomic E-state index is 0.440. The monoisotopic (exact) mass is 747 g/mol. The van der Waals surface area contributed by atoms with Crippen molar-refractivity contribution in [3.05, 3.63) is 200 Å². The van der Waals surface area contributed by atoms with Crippen LogP contribution in [0, 0.1) is 0 Å². The van der Waals surface area contributed by atoms with Gasteiger partial charge >= 0.3 is 0 Å². The van der Waals surface area contributed by atoms with E-state index in [1.165, 1.54) is 36.5 Å². The number of nitrogens with zero attached hydrogens (tertiary/aromatic N) is 5. The number of benzene rings is 7. The summed E-state index contributed by atoms with van der Waals surface area (Å²) >= 11 is 1.83. The Hall–Kier alpha value is -7.28. The second-order valence-electron chi connectivity index (χ2n) is 14.3. The lowest BCUT2D eigenvalue weighted by molar-refractivity contribution is 0.914. The molecule has 0 saturated heterocycles. The number of para-hydroxylation sites is 1. The van der Waals surface area contributed by atoms with Gasteiger partial charge in [0.15, 0.2) is 11.6 Å². The Morgan fingerprint density at radius 1 is 0.404 bits per heavy atom. The van der Waals surface area contributed by atoms with Gasteiger partial charge in [0.2, 0.25) is 0 Å². The van der Waals surface area contributed by atoms with Gasteiger partial charge in [0.25, 0.3) is 0 Å². The quantitative estimate of drug-likeness (QED) is 0.163. The van der Waals surface area contributed by atoms with Crippen LogP contribution in [0.1, 0.15) is 11.4 Å². The Balaban J connectivity index is 1.15. The minimum atomic E-state index is 0.440. The van der Waals surface area contributed by atoms with Crippen LogP contribution < -0.4 is 0 Å². The van der Waals surface area contributed by atoms with Crippen molar-refractivity contribution in [2.45, 2.75) is 6.42 Å². The fourth-order valence-electron chi connectivity index (χ4n) is 8.02. The van der Waals surface area contributed by atoms with Gasteiger partial charge in [0.05, 0.1) is 11.0 Å². The molecule has 5 nitrogen and oxygen atoms in total. The van der Waals surface area contributed by atoms with E-state index in [0.29, 0.717) is 23.9 Å². The van der Waals surface area contributed by atoms with E-state index in [1.54, 1.807) is 0 Å². The summed E-state index contributed by atoms with van der Waals surface area (Å²) in [4.78, 5) is 20.6. The maximum absolute atomic E-state index is 5.38. The minimum Gasteiger partial charge on any atom is -0.293 e. The van der Waals surface area contributed by atoms with Gasteiger partial charge in [-0.3, -0.25) is 4.57 Å². The summed E-state index contributed by atoms with van der Waals surface area (Å²) in [5.74, 6) is 2.82. The molecule has 0 atom stereocenters. The summed E-state index contributed by atoms with van der Waals surface area (Å²) in [6, 6.07) is 63.9. The van der Waals surface area contributed by atoms with Crippen LogP contribution in [0.25, 0.3) is 92.8 Å². The molecule has 4 aromatic heterocycles. The van der Waals surface area contributed by atoms with Gasteiger partial charge in [0, 0.05) is 65.8 Å². The Labute approximate surface area is 333 Å². The van der Waals surface area contributed by atoms with Crippen LogP contribution in [-0.2, 0) is 6.42 Å². The molecule has 0 aliphatic rings. The van der Waals surface area contributed by atoms with E-state index in [4.69, 9.17) is 19.9 Å². The fourth-order valence-corrected chi connectivity index (χ4v) is 9.14. The van der Waals surface area contributed by atoms with E-state index < -0.39 is 0 Å². The molecule has 0 aliphatic heterocycles. The maximum atomic E-state index is 5.38. The standard InChI is InChI=1S/C51H33N5S/c1-4-15-33(16-5-1)36-21-14-22-37(27-36)39-28-38(29-48-53-49(34-17-6-2-7-18-34)55-50(54-48)35-19-8-3-9-20-35)51(52-32-39)56-44-25-12-10-23-40(44)42-30-43-41-24-11-13-26-46(41)57-47(43)31-45(42)56/h1-28,30-32H,29H2. The molecule has 268 valence electrons. The van der Waals surface area contributed by atoms with Gasteiger partial charge in [0.1, 0.15) is 11.6 Å². The molecule has 4 heterocycles. The fraction of sp³-hybridized carbons (Fsp3) is 0.0196. The van der Waals surface area contributed by atoms with E-state index in [-0.39, 0.29) is 0 Å². The zero-order chi connectivity index (χ0) is 37.7. The summed E-state index contributed by atoms with van der Waals surface area (Å²) in [6.07, 6.45) is 2.45. The summed E-state index contributed by atoms with van der Waals surface area (Å²) in [6.45, 7) is 0. The Morgan fingerprint density at radius 3 is 1.72 bits per heavy atom. The van der Waals surface area contributed by atoms with Crippen molar-refractivity contribution in [1.82, 2.24) is 24.5 Å². The van der Waals surface area contributed by atoms with Crippen molar-refractivity contribution in [3.8, 4) is 50.8 Å². The third kappa shape index (κ3) is 5.95. The first-order valence-corrected chi connectivity index (χ1v) is 19.9. The highest BCUT2D eigenvalue weighted by Gasteiger charge is 2.21. The van der Waals surface area contributed by atoms with Crippen LogP contribution in [0.15, 0.2) is 188 Å². The maximum Gasteiger partial charge on any atom is 0.163 e. The van der Waals surface area contributed by atoms with Crippen molar-refractivity contribution in [2.24, 2.45) is 0 Å². The van der Waals surface area contributed by atoms with Crippen molar-refractivity contribution in [1.29, 1.82) is 0 Å². The van der Waals surface area contributed by atoms with Crippen LogP contribution in [0.4, 0.5) is 0 Å². The number of rotatable bonds is 7. The second-order valence-corrected chi connectivity index (χ2v) is 15.4. The topological polar surface area (TPSA) is 56.5 Å². The van der Waals surface area contributed by atoms with Gasteiger partial charge in [-0.2, -0.15) is 0 Å². The first-order chi connectivity index (χ1) is 28.2. The number of hydrogen-bond acceptors (Lipinski definition) is 5. The highest BCUT2D eigenvalue weighted by molar-refractivity contribution is 7.25. The van der Waals surface area contributed by atoms with Crippen LogP contribution in [0.5, 0.6) is 0 Å². The third-order valence-electron chi connectivity index (χ3n) is 10.7. The Kier molecular flexibility index (Phi) is 8.00. The average molecular weight is 748 g/mol. The molecule has 11 rings (SSSR count). The van der Waals surface area contributed by atoms with Gasteiger partial charge in [-0.25, -0.2) is 19.9 Å². The molecule has 11 aromatic rings. The smallest absolute Gasteiger partial charge is 0.163 e.